The quantitative estimate of drug-likeness (QED) is 0.657. The fourth-order valence-electron chi connectivity index (χ4n) is 4.04. The van der Waals surface area contributed by atoms with Gasteiger partial charge in [0.1, 0.15) is 5.75 Å². The Morgan fingerprint density at radius 3 is 2.33 bits per heavy atom. The summed E-state index contributed by atoms with van der Waals surface area (Å²) in [5.74, 6) is 0.969. The predicted octanol–water partition coefficient (Wildman–Crippen LogP) is 4.26. The van der Waals surface area contributed by atoms with Crippen LogP contribution >= 0.6 is 15.9 Å². The molecule has 2 aliphatic rings. The lowest BCUT2D eigenvalue weighted by molar-refractivity contribution is -0.136. The molecule has 1 aliphatic heterocycles. The Balaban J connectivity index is 1.21. The van der Waals surface area contributed by atoms with E-state index in [1.807, 2.05) is 47.4 Å². The highest BCUT2D eigenvalue weighted by molar-refractivity contribution is 9.10. The molecule has 1 heterocycles. The number of piperidine rings is 1. The zero-order valence-corrected chi connectivity index (χ0v) is 18.6. The Bertz CT molecular complexity index is 873. The van der Waals surface area contributed by atoms with Crippen LogP contribution in [-0.4, -0.2) is 36.4 Å². The Kier molecular flexibility index (Phi) is 6.42. The molecule has 30 heavy (non-hydrogen) atoms. The van der Waals surface area contributed by atoms with Gasteiger partial charge in [-0.1, -0.05) is 46.3 Å². The Labute approximate surface area is 185 Å². The van der Waals surface area contributed by atoms with E-state index >= 15 is 0 Å². The summed E-state index contributed by atoms with van der Waals surface area (Å²) in [5.41, 5.74) is 0.976. The molecule has 0 bridgehead atoms. The van der Waals surface area contributed by atoms with Gasteiger partial charge in [-0.15, -0.1) is 0 Å². The fourth-order valence-corrected chi connectivity index (χ4v) is 4.30. The zero-order chi connectivity index (χ0) is 21.0. The van der Waals surface area contributed by atoms with Gasteiger partial charge in [-0.25, -0.2) is 0 Å². The van der Waals surface area contributed by atoms with Crippen LogP contribution in [0, 0.1) is 5.92 Å². The van der Waals surface area contributed by atoms with E-state index in [1.165, 1.54) is 5.56 Å². The van der Waals surface area contributed by atoms with Crippen LogP contribution < -0.4 is 10.1 Å². The minimum absolute atomic E-state index is 0.0254. The standard InChI is InChI=1S/C24H27BrN2O3/c25-20-8-6-19(7-9-20)24(13-14-24)26-23(29)18-10-15-27(16-11-18)22(28)12-17-30-21-4-2-1-3-5-21/h1-9,18H,10-17H2,(H,26,29). The molecule has 2 amide bonds. The van der Waals surface area contributed by atoms with Crippen molar-refractivity contribution in [3.05, 3.63) is 64.6 Å². The van der Waals surface area contributed by atoms with Crippen molar-refractivity contribution in [1.29, 1.82) is 0 Å². The molecule has 6 heteroatoms. The van der Waals surface area contributed by atoms with Gasteiger partial charge in [-0.2, -0.15) is 0 Å². The second-order valence-corrected chi connectivity index (χ2v) is 9.06. The molecule has 0 radical (unpaired) electrons. The first-order valence-corrected chi connectivity index (χ1v) is 11.4. The lowest BCUT2D eigenvalue weighted by atomic mass is 9.94. The monoisotopic (exact) mass is 470 g/mol. The molecule has 0 aromatic heterocycles. The van der Waals surface area contributed by atoms with Crippen molar-refractivity contribution in [2.45, 2.75) is 37.6 Å². The van der Waals surface area contributed by atoms with Crippen LogP contribution in [0.4, 0.5) is 0 Å². The molecule has 1 saturated carbocycles. The van der Waals surface area contributed by atoms with E-state index in [0.717, 1.165) is 23.1 Å². The van der Waals surface area contributed by atoms with Crippen molar-refractivity contribution in [3.8, 4) is 5.75 Å². The lowest BCUT2D eigenvalue weighted by Crippen LogP contribution is -2.45. The summed E-state index contributed by atoms with van der Waals surface area (Å²) in [7, 11) is 0. The van der Waals surface area contributed by atoms with Gasteiger partial charge >= 0.3 is 0 Å². The molecular formula is C24H27BrN2O3. The van der Waals surface area contributed by atoms with Crippen LogP contribution in [0.15, 0.2) is 59.1 Å². The van der Waals surface area contributed by atoms with Crippen molar-refractivity contribution in [2.75, 3.05) is 19.7 Å². The van der Waals surface area contributed by atoms with Gasteiger partial charge in [-0.05, 0) is 55.5 Å². The Morgan fingerprint density at radius 1 is 1.03 bits per heavy atom. The van der Waals surface area contributed by atoms with Crippen LogP contribution in [-0.2, 0) is 15.1 Å². The molecule has 4 rings (SSSR count). The molecule has 158 valence electrons. The first kappa shape index (κ1) is 20.9. The minimum Gasteiger partial charge on any atom is -0.493 e. The van der Waals surface area contributed by atoms with Gasteiger partial charge in [0.15, 0.2) is 0 Å². The number of amides is 2. The summed E-state index contributed by atoms with van der Waals surface area (Å²) in [5, 5.41) is 3.29. The van der Waals surface area contributed by atoms with Gasteiger partial charge in [0.05, 0.1) is 18.6 Å². The average molecular weight is 471 g/mol. The molecule has 1 saturated heterocycles. The number of hydrogen-bond donors (Lipinski definition) is 1. The highest BCUT2D eigenvalue weighted by atomic mass is 79.9. The molecule has 2 aromatic rings. The predicted molar refractivity (Wildman–Crippen MR) is 119 cm³/mol. The first-order valence-electron chi connectivity index (χ1n) is 10.6. The van der Waals surface area contributed by atoms with Crippen LogP contribution in [0.2, 0.25) is 0 Å². The van der Waals surface area contributed by atoms with E-state index in [0.29, 0.717) is 39.0 Å². The van der Waals surface area contributed by atoms with Crippen molar-refractivity contribution >= 4 is 27.7 Å². The number of hydrogen-bond acceptors (Lipinski definition) is 3. The zero-order valence-electron chi connectivity index (χ0n) is 17.0. The average Bonchev–Trinajstić information content (AvgIpc) is 3.55. The van der Waals surface area contributed by atoms with Crippen molar-refractivity contribution in [1.82, 2.24) is 10.2 Å². The minimum atomic E-state index is -0.195. The van der Waals surface area contributed by atoms with Crippen molar-refractivity contribution < 1.29 is 14.3 Å². The Morgan fingerprint density at radius 2 is 1.70 bits per heavy atom. The lowest BCUT2D eigenvalue weighted by Gasteiger charge is -2.32. The maximum atomic E-state index is 12.9. The number of nitrogens with zero attached hydrogens (tertiary/aromatic N) is 1. The smallest absolute Gasteiger partial charge is 0.225 e. The van der Waals surface area contributed by atoms with E-state index in [9.17, 15) is 9.59 Å². The van der Waals surface area contributed by atoms with E-state index < -0.39 is 0 Å². The highest BCUT2D eigenvalue weighted by Gasteiger charge is 2.46. The summed E-state index contributed by atoms with van der Waals surface area (Å²) in [6, 6.07) is 17.7. The molecule has 1 aliphatic carbocycles. The molecule has 2 aromatic carbocycles. The number of para-hydroxylation sites is 1. The second-order valence-electron chi connectivity index (χ2n) is 8.14. The molecule has 0 spiro atoms. The van der Waals surface area contributed by atoms with Gasteiger partial charge in [-0.3, -0.25) is 9.59 Å². The number of ether oxygens (including phenoxy) is 1. The van der Waals surface area contributed by atoms with Crippen molar-refractivity contribution in [3.63, 3.8) is 0 Å². The topological polar surface area (TPSA) is 58.6 Å². The largest absolute Gasteiger partial charge is 0.493 e. The van der Waals surface area contributed by atoms with E-state index in [2.05, 4.69) is 33.4 Å². The third-order valence-corrected chi connectivity index (χ3v) is 6.58. The van der Waals surface area contributed by atoms with Crippen molar-refractivity contribution in [2.24, 2.45) is 5.92 Å². The van der Waals surface area contributed by atoms with Gasteiger partial charge in [0.2, 0.25) is 11.8 Å². The number of carbonyl (C=O) groups is 2. The molecular weight excluding hydrogens is 444 g/mol. The number of carbonyl (C=O) groups excluding carboxylic acids is 2. The number of likely N-dealkylation sites (tertiary alicyclic amines) is 1. The van der Waals surface area contributed by atoms with Crippen LogP contribution in [0.1, 0.15) is 37.7 Å². The van der Waals surface area contributed by atoms with Gasteiger partial charge < -0.3 is 15.0 Å². The molecule has 5 nitrogen and oxygen atoms in total. The maximum absolute atomic E-state index is 12.9. The second kappa shape index (κ2) is 9.21. The summed E-state index contributed by atoms with van der Waals surface area (Å²) in [6.07, 6.45) is 3.76. The maximum Gasteiger partial charge on any atom is 0.225 e. The SMILES string of the molecule is O=C(NC1(c2ccc(Br)cc2)CC1)C1CCN(C(=O)CCOc2ccccc2)CC1. The number of nitrogens with one attached hydrogen (secondary N) is 1. The van der Waals surface area contributed by atoms with Crippen LogP contribution in [0.5, 0.6) is 5.75 Å². The van der Waals surface area contributed by atoms with Gasteiger partial charge in [0, 0.05) is 23.5 Å². The summed E-state index contributed by atoms with van der Waals surface area (Å²) in [4.78, 5) is 27.2. The third-order valence-electron chi connectivity index (χ3n) is 6.06. The number of halogens is 1. The van der Waals surface area contributed by atoms with Crippen LogP contribution in [0.25, 0.3) is 0 Å². The summed E-state index contributed by atoms with van der Waals surface area (Å²) >= 11 is 3.46. The first-order chi connectivity index (χ1) is 14.6. The van der Waals surface area contributed by atoms with Crippen LogP contribution in [0.3, 0.4) is 0 Å². The van der Waals surface area contributed by atoms with E-state index in [-0.39, 0.29) is 23.3 Å². The van der Waals surface area contributed by atoms with E-state index in [1.54, 1.807) is 0 Å². The fraction of sp³-hybridized carbons (Fsp3) is 0.417. The summed E-state index contributed by atoms with van der Waals surface area (Å²) < 4.78 is 6.66. The third kappa shape index (κ3) is 5.04. The molecule has 2 fully saturated rings. The highest BCUT2D eigenvalue weighted by Crippen LogP contribution is 2.46. The normalized spacial score (nSPS) is 18.0. The van der Waals surface area contributed by atoms with E-state index in [4.69, 9.17) is 4.74 Å². The number of rotatable bonds is 7. The molecule has 1 N–H and O–H groups in total. The van der Waals surface area contributed by atoms with Gasteiger partial charge in [0.25, 0.3) is 0 Å². The molecule has 0 unspecified atom stereocenters. The summed E-state index contributed by atoms with van der Waals surface area (Å²) in [6.45, 7) is 1.64. The number of benzene rings is 2. The molecule has 0 atom stereocenters. The Hall–Kier alpha value is -2.34.